The first-order chi connectivity index (χ1) is 9.02. The van der Waals surface area contributed by atoms with E-state index in [2.05, 4.69) is 4.18 Å². The predicted molar refractivity (Wildman–Crippen MR) is 60.4 cm³/mol. The summed E-state index contributed by atoms with van der Waals surface area (Å²) in [7, 11) is -8.37. The van der Waals surface area contributed by atoms with E-state index in [0.717, 1.165) is 7.11 Å². The first kappa shape index (κ1) is 21.6. The van der Waals surface area contributed by atoms with Gasteiger partial charge in [0.2, 0.25) is 10.4 Å². The average Bonchev–Trinajstić information content (AvgIpc) is 2.26. The van der Waals surface area contributed by atoms with Crippen LogP contribution in [0.4, 0.5) is 0 Å². The summed E-state index contributed by atoms with van der Waals surface area (Å²) in [6.07, 6.45) is -3.89. The standard InChI is InChI=1S/C7H15NO10S2.Na/c1-16-7-6(8-19(10,11)12)5(9)2-4(18-7)3-17-20(13,14)15;/h4-9H,2-3H2,1H3,(H,10,11,12)(H,13,14,15);/q;+1/p-1/t4?,5?,6?,7-;/m0./s1. The van der Waals surface area contributed by atoms with Crippen molar-refractivity contribution in [2.24, 2.45) is 0 Å². The normalized spacial score (nSPS) is 30.7. The second-order valence-electron chi connectivity index (χ2n) is 3.98. The van der Waals surface area contributed by atoms with Crippen LogP contribution in [-0.4, -0.2) is 69.3 Å². The summed E-state index contributed by atoms with van der Waals surface area (Å²) < 4.78 is 76.6. The Morgan fingerprint density at radius 2 is 1.95 bits per heavy atom. The van der Waals surface area contributed by atoms with Gasteiger partial charge in [-0.2, -0.15) is 13.1 Å². The van der Waals surface area contributed by atoms with Gasteiger partial charge in [-0.15, -0.1) is 0 Å². The van der Waals surface area contributed by atoms with Gasteiger partial charge in [0.1, 0.15) is 6.04 Å². The number of aliphatic hydroxyl groups is 1. The molecule has 1 heterocycles. The van der Waals surface area contributed by atoms with Crippen molar-refractivity contribution in [2.75, 3.05) is 13.7 Å². The van der Waals surface area contributed by atoms with Crippen molar-refractivity contribution in [1.29, 1.82) is 0 Å². The maximum absolute atomic E-state index is 10.7. The number of nitrogens with one attached hydrogen (secondary N) is 1. The third-order valence-corrected chi connectivity index (χ3v) is 3.45. The molecule has 0 bridgehead atoms. The third kappa shape index (κ3) is 8.15. The molecule has 21 heavy (non-hydrogen) atoms. The van der Waals surface area contributed by atoms with Crippen LogP contribution >= 0.6 is 0 Å². The molecule has 0 aromatic rings. The van der Waals surface area contributed by atoms with Crippen LogP contribution in [-0.2, 0) is 34.4 Å². The fourth-order valence-electron chi connectivity index (χ4n) is 1.70. The SMILES string of the molecule is CO[C@H]1OC(COS(=O)(=O)[O-])CC(O)C1NS(=O)(=O)O.[Na+]. The summed E-state index contributed by atoms with van der Waals surface area (Å²) in [6.45, 7) is -0.651. The quantitative estimate of drug-likeness (QED) is 0.236. The molecule has 3 N–H and O–H groups in total. The number of methoxy groups -OCH3 is 1. The second-order valence-corrected chi connectivity index (χ2v) is 6.21. The van der Waals surface area contributed by atoms with E-state index in [-0.39, 0.29) is 36.0 Å². The van der Waals surface area contributed by atoms with Crippen molar-refractivity contribution in [3.8, 4) is 0 Å². The van der Waals surface area contributed by atoms with Gasteiger partial charge in [-0.1, -0.05) is 0 Å². The maximum atomic E-state index is 10.7. The molecule has 3 unspecified atom stereocenters. The topological polar surface area (TPSA) is 172 Å². The summed E-state index contributed by atoms with van der Waals surface area (Å²) in [5.74, 6) is 0. The second kappa shape index (κ2) is 8.47. The maximum Gasteiger partial charge on any atom is 1.00 e. The Hall–Kier alpha value is 0.620. The van der Waals surface area contributed by atoms with E-state index in [1.54, 1.807) is 4.72 Å². The molecule has 0 aromatic carbocycles. The smallest absolute Gasteiger partial charge is 0.726 e. The van der Waals surface area contributed by atoms with Crippen molar-refractivity contribution in [3.63, 3.8) is 0 Å². The number of hydrogen-bond donors (Lipinski definition) is 3. The summed E-state index contributed by atoms with van der Waals surface area (Å²) in [4.78, 5) is 0. The van der Waals surface area contributed by atoms with Gasteiger partial charge in [-0.3, -0.25) is 8.74 Å². The minimum absolute atomic E-state index is 0. The van der Waals surface area contributed by atoms with Crippen LogP contribution in [0, 0.1) is 0 Å². The fourth-order valence-corrected chi connectivity index (χ4v) is 2.63. The van der Waals surface area contributed by atoms with Crippen molar-refractivity contribution in [2.45, 2.75) is 31.0 Å². The number of aliphatic hydroxyl groups excluding tert-OH is 1. The van der Waals surface area contributed by atoms with Gasteiger partial charge < -0.3 is 19.1 Å². The minimum Gasteiger partial charge on any atom is -0.726 e. The predicted octanol–water partition coefficient (Wildman–Crippen LogP) is -5.65. The molecule has 1 saturated heterocycles. The Morgan fingerprint density at radius 3 is 2.38 bits per heavy atom. The number of ether oxygens (including phenoxy) is 2. The van der Waals surface area contributed by atoms with Gasteiger partial charge in [-0.25, -0.2) is 8.42 Å². The zero-order chi connectivity index (χ0) is 15.6. The van der Waals surface area contributed by atoms with Crippen LogP contribution in [0.1, 0.15) is 6.42 Å². The molecule has 4 atom stereocenters. The largest absolute Gasteiger partial charge is 1.00 e. The molecule has 1 rings (SSSR count). The summed E-state index contributed by atoms with van der Waals surface area (Å²) in [5.41, 5.74) is 0. The Labute approximate surface area is 144 Å². The summed E-state index contributed by atoms with van der Waals surface area (Å²) >= 11 is 0. The van der Waals surface area contributed by atoms with E-state index in [9.17, 15) is 26.5 Å². The van der Waals surface area contributed by atoms with Gasteiger partial charge >= 0.3 is 39.9 Å². The summed E-state index contributed by atoms with van der Waals surface area (Å²) in [6, 6.07) is -1.30. The Bertz CT molecular complexity index is 522. The molecule has 14 heteroatoms. The van der Waals surface area contributed by atoms with Crippen molar-refractivity contribution in [1.82, 2.24) is 4.72 Å². The summed E-state index contributed by atoms with van der Waals surface area (Å²) in [5, 5.41) is 9.75. The molecule has 1 aliphatic heterocycles. The van der Waals surface area contributed by atoms with Gasteiger partial charge in [0.05, 0.1) is 18.8 Å². The van der Waals surface area contributed by atoms with Crippen molar-refractivity contribution < 1.29 is 74.3 Å². The number of rotatable bonds is 6. The van der Waals surface area contributed by atoms with Crippen LogP contribution in [0.15, 0.2) is 0 Å². The molecule has 0 amide bonds. The molecule has 0 aliphatic carbocycles. The van der Waals surface area contributed by atoms with Crippen molar-refractivity contribution in [3.05, 3.63) is 0 Å². The van der Waals surface area contributed by atoms with E-state index >= 15 is 0 Å². The minimum atomic E-state index is -4.91. The molecule has 11 nitrogen and oxygen atoms in total. The van der Waals surface area contributed by atoms with Gasteiger partial charge in [0.25, 0.3) is 0 Å². The molecule has 1 fully saturated rings. The van der Waals surface area contributed by atoms with Crippen LogP contribution in [0.3, 0.4) is 0 Å². The van der Waals surface area contributed by atoms with E-state index in [0.29, 0.717) is 0 Å². The average molecular weight is 359 g/mol. The zero-order valence-electron chi connectivity index (χ0n) is 11.2. The van der Waals surface area contributed by atoms with E-state index in [1.807, 2.05) is 0 Å². The van der Waals surface area contributed by atoms with Crippen molar-refractivity contribution >= 4 is 20.7 Å². The van der Waals surface area contributed by atoms with Crippen LogP contribution < -0.4 is 34.3 Å². The van der Waals surface area contributed by atoms with Gasteiger partial charge in [0, 0.05) is 13.5 Å². The Kier molecular flexibility index (Phi) is 8.72. The van der Waals surface area contributed by atoms with E-state index in [4.69, 9.17) is 14.0 Å². The van der Waals surface area contributed by atoms with Crippen LogP contribution in [0.2, 0.25) is 0 Å². The molecule has 0 saturated carbocycles. The van der Waals surface area contributed by atoms with Crippen LogP contribution in [0.5, 0.6) is 0 Å². The van der Waals surface area contributed by atoms with Crippen LogP contribution in [0.25, 0.3) is 0 Å². The van der Waals surface area contributed by atoms with E-state index < -0.39 is 51.8 Å². The molecule has 1 aliphatic rings. The molecule has 0 spiro atoms. The number of hydrogen-bond acceptors (Lipinski definition) is 9. The molecular formula is C7H14NNaO10S2. The molecule has 0 aromatic heterocycles. The fraction of sp³-hybridized carbons (Fsp3) is 1.00. The van der Waals surface area contributed by atoms with Gasteiger partial charge in [0.15, 0.2) is 6.29 Å². The zero-order valence-corrected chi connectivity index (χ0v) is 14.8. The first-order valence-corrected chi connectivity index (χ1v) is 8.00. The molecule has 0 radical (unpaired) electrons. The van der Waals surface area contributed by atoms with E-state index in [1.165, 1.54) is 0 Å². The Balaban J connectivity index is 0.00000400. The third-order valence-electron chi connectivity index (χ3n) is 2.45. The molecule has 120 valence electrons. The first-order valence-electron chi connectivity index (χ1n) is 5.23. The van der Waals surface area contributed by atoms with Gasteiger partial charge in [-0.05, 0) is 0 Å². The molecular weight excluding hydrogens is 345 g/mol. The Morgan fingerprint density at radius 1 is 1.38 bits per heavy atom. The monoisotopic (exact) mass is 359 g/mol.